The molecule has 4 nitrogen and oxygen atoms in total. The Morgan fingerprint density at radius 1 is 1.35 bits per heavy atom. The van der Waals surface area contributed by atoms with Crippen molar-refractivity contribution in [3.63, 3.8) is 0 Å². The van der Waals surface area contributed by atoms with Crippen LogP contribution in [0.5, 0.6) is 0 Å². The SMILES string of the molecule is CC(C)CCn1c(CCl)nc2c(S(C)(=O)=O)cccc21. The van der Waals surface area contributed by atoms with Crippen molar-refractivity contribution in [1.29, 1.82) is 0 Å². The first-order chi connectivity index (χ1) is 9.34. The first-order valence-electron chi connectivity index (χ1n) is 6.58. The van der Waals surface area contributed by atoms with Crippen LogP contribution in [0.4, 0.5) is 0 Å². The van der Waals surface area contributed by atoms with Gasteiger partial charge in [-0.2, -0.15) is 0 Å². The minimum Gasteiger partial charge on any atom is -0.327 e. The maximum atomic E-state index is 11.8. The van der Waals surface area contributed by atoms with Crippen molar-refractivity contribution >= 4 is 32.5 Å². The van der Waals surface area contributed by atoms with Crippen molar-refractivity contribution in [2.24, 2.45) is 5.92 Å². The third-order valence-corrected chi connectivity index (χ3v) is 4.64. The molecule has 0 aliphatic heterocycles. The third kappa shape index (κ3) is 2.99. The van der Waals surface area contributed by atoms with E-state index in [0.717, 1.165) is 24.3 Å². The molecule has 2 aromatic rings. The van der Waals surface area contributed by atoms with Gasteiger partial charge in [-0.1, -0.05) is 19.9 Å². The number of rotatable bonds is 5. The fourth-order valence-electron chi connectivity index (χ4n) is 2.21. The van der Waals surface area contributed by atoms with E-state index in [4.69, 9.17) is 11.6 Å². The molecule has 2 rings (SSSR count). The molecule has 0 aliphatic rings. The highest BCUT2D eigenvalue weighted by molar-refractivity contribution is 7.91. The monoisotopic (exact) mass is 314 g/mol. The van der Waals surface area contributed by atoms with Crippen molar-refractivity contribution in [3.05, 3.63) is 24.0 Å². The van der Waals surface area contributed by atoms with Crippen LogP contribution in [0, 0.1) is 5.92 Å². The molecule has 0 saturated carbocycles. The van der Waals surface area contributed by atoms with E-state index >= 15 is 0 Å². The predicted octanol–water partition coefficient (Wildman–Crippen LogP) is 3.22. The van der Waals surface area contributed by atoms with Crippen LogP contribution in [-0.2, 0) is 22.3 Å². The summed E-state index contributed by atoms with van der Waals surface area (Å²) in [4.78, 5) is 4.70. The van der Waals surface area contributed by atoms with Gasteiger partial charge in [-0.15, -0.1) is 11.6 Å². The molecule has 1 aromatic heterocycles. The van der Waals surface area contributed by atoms with E-state index in [2.05, 4.69) is 18.8 Å². The second kappa shape index (κ2) is 5.74. The number of alkyl halides is 1. The molecular weight excluding hydrogens is 296 g/mol. The van der Waals surface area contributed by atoms with Crippen LogP contribution in [0.1, 0.15) is 26.1 Å². The molecule has 0 saturated heterocycles. The summed E-state index contributed by atoms with van der Waals surface area (Å²) in [7, 11) is -3.29. The van der Waals surface area contributed by atoms with Crippen LogP contribution in [0.15, 0.2) is 23.1 Å². The molecule has 0 radical (unpaired) electrons. The summed E-state index contributed by atoms with van der Waals surface area (Å²) < 4.78 is 25.7. The molecule has 0 N–H and O–H groups in total. The first kappa shape index (κ1) is 15.3. The molecule has 1 aromatic carbocycles. The molecule has 0 aliphatic carbocycles. The second-order valence-electron chi connectivity index (χ2n) is 5.39. The highest BCUT2D eigenvalue weighted by Crippen LogP contribution is 2.25. The minimum absolute atomic E-state index is 0.268. The van der Waals surface area contributed by atoms with Crippen molar-refractivity contribution in [1.82, 2.24) is 9.55 Å². The lowest BCUT2D eigenvalue weighted by molar-refractivity contribution is 0.516. The molecule has 20 heavy (non-hydrogen) atoms. The van der Waals surface area contributed by atoms with E-state index in [9.17, 15) is 8.42 Å². The van der Waals surface area contributed by atoms with E-state index in [1.54, 1.807) is 12.1 Å². The van der Waals surface area contributed by atoms with Crippen molar-refractivity contribution in [2.45, 2.75) is 37.6 Å². The van der Waals surface area contributed by atoms with Gasteiger partial charge in [0.25, 0.3) is 0 Å². The van der Waals surface area contributed by atoms with Crippen LogP contribution >= 0.6 is 11.6 Å². The van der Waals surface area contributed by atoms with Crippen LogP contribution < -0.4 is 0 Å². The summed E-state index contributed by atoms with van der Waals surface area (Å²) in [5.74, 6) is 1.56. The van der Waals surface area contributed by atoms with Crippen LogP contribution in [0.25, 0.3) is 11.0 Å². The zero-order valence-electron chi connectivity index (χ0n) is 11.9. The molecule has 1 heterocycles. The number of nitrogens with zero attached hydrogens (tertiary/aromatic N) is 2. The smallest absolute Gasteiger partial charge is 0.177 e. The molecule has 0 unspecified atom stereocenters. The number of hydrogen-bond acceptors (Lipinski definition) is 3. The molecule has 0 bridgehead atoms. The van der Waals surface area contributed by atoms with Crippen molar-refractivity contribution in [2.75, 3.05) is 6.26 Å². The Balaban J connectivity index is 2.63. The maximum Gasteiger partial charge on any atom is 0.177 e. The molecule has 6 heteroatoms. The van der Waals surface area contributed by atoms with Gasteiger partial charge in [-0.3, -0.25) is 0 Å². The average Bonchev–Trinajstić information content (AvgIpc) is 2.72. The van der Waals surface area contributed by atoms with Gasteiger partial charge < -0.3 is 4.57 Å². The Morgan fingerprint density at radius 2 is 2.05 bits per heavy atom. The fourth-order valence-corrected chi connectivity index (χ4v) is 3.24. The highest BCUT2D eigenvalue weighted by Gasteiger charge is 2.18. The summed E-state index contributed by atoms with van der Waals surface area (Å²) in [5.41, 5.74) is 1.36. The number of aryl methyl sites for hydroxylation is 1. The Bertz CT molecular complexity index is 720. The molecular formula is C14H19ClN2O2S. The molecule has 0 atom stereocenters. The normalized spacial score (nSPS) is 12.4. The zero-order chi connectivity index (χ0) is 14.9. The van der Waals surface area contributed by atoms with Gasteiger partial charge in [0, 0.05) is 12.8 Å². The van der Waals surface area contributed by atoms with Gasteiger partial charge in [0.05, 0.1) is 16.3 Å². The van der Waals surface area contributed by atoms with Crippen LogP contribution in [0.2, 0.25) is 0 Å². The molecule has 0 amide bonds. The predicted molar refractivity (Wildman–Crippen MR) is 81.9 cm³/mol. The van der Waals surface area contributed by atoms with Gasteiger partial charge in [-0.25, -0.2) is 13.4 Å². The Morgan fingerprint density at radius 3 is 2.60 bits per heavy atom. The first-order valence-corrected chi connectivity index (χ1v) is 9.01. The van der Waals surface area contributed by atoms with Crippen LogP contribution in [-0.4, -0.2) is 24.2 Å². The Hall–Kier alpha value is -1.07. The third-order valence-electron chi connectivity index (χ3n) is 3.27. The number of para-hydroxylation sites is 1. The Kier molecular flexibility index (Phi) is 4.39. The molecule has 0 spiro atoms. The van der Waals surface area contributed by atoms with Gasteiger partial charge in [-0.05, 0) is 24.5 Å². The number of hydrogen-bond donors (Lipinski definition) is 0. The molecule has 0 fully saturated rings. The summed E-state index contributed by atoms with van der Waals surface area (Å²) in [5, 5.41) is 0. The number of aromatic nitrogens is 2. The van der Waals surface area contributed by atoms with Crippen LogP contribution in [0.3, 0.4) is 0 Å². The highest BCUT2D eigenvalue weighted by atomic mass is 35.5. The lowest BCUT2D eigenvalue weighted by Crippen LogP contribution is -2.05. The molecule has 110 valence electrons. The lowest BCUT2D eigenvalue weighted by Gasteiger charge is -2.09. The summed E-state index contributed by atoms with van der Waals surface area (Å²) in [6.07, 6.45) is 2.20. The fraction of sp³-hybridized carbons (Fsp3) is 0.500. The minimum atomic E-state index is -3.29. The van der Waals surface area contributed by atoms with Gasteiger partial charge in [0.2, 0.25) is 0 Å². The quantitative estimate of drug-likeness (QED) is 0.796. The van der Waals surface area contributed by atoms with E-state index in [1.165, 1.54) is 6.26 Å². The van der Waals surface area contributed by atoms with E-state index in [-0.39, 0.29) is 10.8 Å². The summed E-state index contributed by atoms with van der Waals surface area (Å²) >= 11 is 5.95. The number of imidazole rings is 1. The van der Waals surface area contributed by atoms with Gasteiger partial charge in [0.1, 0.15) is 11.3 Å². The average molecular weight is 315 g/mol. The number of fused-ring (bicyclic) bond motifs is 1. The van der Waals surface area contributed by atoms with E-state index < -0.39 is 9.84 Å². The maximum absolute atomic E-state index is 11.8. The number of sulfone groups is 1. The van der Waals surface area contributed by atoms with E-state index in [1.807, 2.05) is 10.6 Å². The number of benzene rings is 1. The van der Waals surface area contributed by atoms with E-state index in [0.29, 0.717) is 11.4 Å². The summed E-state index contributed by atoms with van der Waals surface area (Å²) in [6, 6.07) is 5.24. The topological polar surface area (TPSA) is 52.0 Å². The van der Waals surface area contributed by atoms with Gasteiger partial charge >= 0.3 is 0 Å². The standard InChI is InChI=1S/C14H19ClN2O2S/c1-10(2)7-8-17-11-5-4-6-12(20(3,18)19)14(11)16-13(17)9-15/h4-6,10H,7-9H2,1-3H3. The largest absolute Gasteiger partial charge is 0.327 e. The number of halogens is 1. The van der Waals surface area contributed by atoms with Crippen molar-refractivity contribution in [3.8, 4) is 0 Å². The van der Waals surface area contributed by atoms with Crippen molar-refractivity contribution < 1.29 is 8.42 Å². The zero-order valence-corrected chi connectivity index (χ0v) is 13.5. The lowest BCUT2D eigenvalue weighted by atomic mass is 10.1. The Labute approximate surface area is 124 Å². The van der Waals surface area contributed by atoms with Gasteiger partial charge in [0.15, 0.2) is 9.84 Å². The second-order valence-corrected chi connectivity index (χ2v) is 7.64. The summed E-state index contributed by atoms with van der Waals surface area (Å²) in [6.45, 7) is 5.10.